The lowest BCUT2D eigenvalue weighted by molar-refractivity contribution is 0.281. The van der Waals surface area contributed by atoms with Crippen molar-refractivity contribution in [3.8, 4) is 17.2 Å². The minimum Gasteiger partial charge on any atom is -0.505 e. The molecule has 0 unspecified atom stereocenters. The minimum atomic E-state index is -0.138. The molecule has 3 aromatic carbocycles. The molecule has 0 spiro atoms. The van der Waals surface area contributed by atoms with E-state index in [1.807, 2.05) is 42.5 Å². The standard InChI is InChI=1S/C21H18Cl3NO3/c1-27-19-7-3-5-14(11-25-16-9-17(23)20(26)18(24)10-16)21(19)28-12-13-4-2-6-15(22)8-13/h2-10,25-26H,11-12H2,1H3. The van der Waals surface area contributed by atoms with Gasteiger partial charge in [-0.05, 0) is 35.9 Å². The molecular formula is C21H18Cl3NO3. The maximum Gasteiger partial charge on any atom is 0.166 e. The highest BCUT2D eigenvalue weighted by Gasteiger charge is 2.12. The van der Waals surface area contributed by atoms with Gasteiger partial charge in [-0.3, -0.25) is 0 Å². The summed E-state index contributed by atoms with van der Waals surface area (Å²) in [6, 6.07) is 16.4. The summed E-state index contributed by atoms with van der Waals surface area (Å²) in [5.41, 5.74) is 2.52. The van der Waals surface area contributed by atoms with Crippen LogP contribution in [0.4, 0.5) is 5.69 Å². The predicted molar refractivity (Wildman–Crippen MR) is 114 cm³/mol. The molecule has 2 N–H and O–H groups in total. The first-order chi connectivity index (χ1) is 13.5. The van der Waals surface area contributed by atoms with Gasteiger partial charge < -0.3 is 19.9 Å². The van der Waals surface area contributed by atoms with Gasteiger partial charge >= 0.3 is 0 Å². The van der Waals surface area contributed by atoms with Crippen LogP contribution in [0.1, 0.15) is 11.1 Å². The monoisotopic (exact) mass is 437 g/mol. The minimum absolute atomic E-state index is 0.138. The number of aromatic hydroxyl groups is 1. The van der Waals surface area contributed by atoms with Crippen LogP contribution < -0.4 is 14.8 Å². The van der Waals surface area contributed by atoms with Gasteiger partial charge in [0.15, 0.2) is 17.2 Å². The SMILES string of the molecule is COc1cccc(CNc2cc(Cl)c(O)c(Cl)c2)c1OCc1cccc(Cl)c1. The number of methoxy groups -OCH3 is 1. The predicted octanol–water partition coefficient (Wildman–Crippen LogP) is 6.55. The van der Waals surface area contributed by atoms with Crippen LogP contribution in [0.3, 0.4) is 0 Å². The van der Waals surface area contributed by atoms with E-state index in [2.05, 4.69) is 5.32 Å². The summed E-state index contributed by atoms with van der Waals surface area (Å²) in [5.74, 6) is 1.12. The normalized spacial score (nSPS) is 10.6. The molecule has 146 valence electrons. The zero-order valence-corrected chi connectivity index (χ0v) is 17.3. The van der Waals surface area contributed by atoms with Gasteiger partial charge in [0.2, 0.25) is 0 Å². The maximum absolute atomic E-state index is 9.69. The van der Waals surface area contributed by atoms with Crippen LogP contribution in [-0.2, 0) is 13.2 Å². The van der Waals surface area contributed by atoms with Crippen molar-refractivity contribution in [1.29, 1.82) is 0 Å². The third-order valence-corrected chi connectivity index (χ3v) is 4.86. The Bertz CT molecular complexity index is 956. The second kappa shape index (κ2) is 9.28. The molecule has 0 aliphatic rings. The maximum atomic E-state index is 9.69. The number of benzene rings is 3. The Kier molecular flexibility index (Phi) is 6.79. The van der Waals surface area contributed by atoms with E-state index >= 15 is 0 Å². The van der Waals surface area contributed by atoms with Crippen molar-refractivity contribution in [3.05, 3.63) is 80.8 Å². The highest BCUT2D eigenvalue weighted by atomic mass is 35.5. The Morgan fingerprint density at radius 3 is 2.36 bits per heavy atom. The zero-order chi connectivity index (χ0) is 20.1. The Hall–Kier alpha value is -2.27. The number of rotatable bonds is 7. The topological polar surface area (TPSA) is 50.7 Å². The largest absolute Gasteiger partial charge is 0.505 e. The van der Waals surface area contributed by atoms with Gasteiger partial charge in [0.25, 0.3) is 0 Å². The van der Waals surface area contributed by atoms with Crippen molar-refractivity contribution in [2.24, 2.45) is 0 Å². The molecule has 0 amide bonds. The molecule has 7 heteroatoms. The summed E-state index contributed by atoms with van der Waals surface area (Å²) >= 11 is 18.0. The van der Waals surface area contributed by atoms with Crippen LogP contribution in [-0.4, -0.2) is 12.2 Å². The van der Waals surface area contributed by atoms with E-state index in [9.17, 15) is 5.11 Å². The van der Waals surface area contributed by atoms with Gasteiger partial charge in [0, 0.05) is 22.8 Å². The first-order valence-electron chi connectivity index (χ1n) is 8.43. The van der Waals surface area contributed by atoms with Crippen molar-refractivity contribution < 1.29 is 14.6 Å². The lowest BCUT2D eigenvalue weighted by Gasteiger charge is -2.16. The van der Waals surface area contributed by atoms with E-state index in [-0.39, 0.29) is 15.8 Å². The van der Waals surface area contributed by atoms with Crippen LogP contribution in [0.15, 0.2) is 54.6 Å². The summed E-state index contributed by atoms with van der Waals surface area (Å²) < 4.78 is 11.5. The first kappa shape index (κ1) is 20.5. The molecular weight excluding hydrogens is 421 g/mol. The second-order valence-electron chi connectivity index (χ2n) is 6.01. The molecule has 0 saturated heterocycles. The lowest BCUT2D eigenvalue weighted by Crippen LogP contribution is -2.05. The Balaban J connectivity index is 1.79. The van der Waals surface area contributed by atoms with Gasteiger partial charge in [-0.15, -0.1) is 0 Å². The highest BCUT2D eigenvalue weighted by Crippen LogP contribution is 2.36. The summed E-state index contributed by atoms with van der Waals surface area (Å²) in [5, 5.41) is 13.9. The number of anilines is 1. The van der Waals surface area contributed by atoms with Crippen molar-refractivity contribution in [1.82, 2.24) is 0 Å². The van der Waals surface area contributed by atoms with Crippen molar-refractivity contribution in [2.45, 2.75) is 13.2 Å². The summed E-state index contributed by atoms with van der Waals surface area (Å²) in [4.78, 5) is 0. The number of hydrogen-bond acceptors (Lipinski definition) is 4. The number of phenolic OH excluding ortho intramolecular Hbond substituents is 1. The summed E-state index contributed by atoms with van der Waals surface area (Å²) in [7, 11) is 1.60. The van der Waals surface area contributed by atoms with E-state index in [4.69, 9.17) is 44.3 Å². The fourth-order valence-corrected chi connectivity index (χ4v) is 3.37. The Morgan fingerprint density at radius 2 is 1.68 bits per heavy atom. The Morgan fingerprint density at radius 1 is 0.964 bits per heavy atom. The molecule has 28 heavy (non-hydrogen) atoms. The molecule has 0 fully saturated rings. The molecule has 0 aliphatic heterocycles. The molecule has 0 saturated carbocycles. The lowest BCUT2D eigenvalue weighted by atomic mass is 10.1. The van der Waals surface area contributed by atoms with Crippen LogP contribution in [0.5, 0.6) is 17.2 Å². The van der Waals surface area contributed by atoms with Crippen molar-refractivity contribution in [3.63, 3.8) is 0 Å². The molecule has 3 aromatic rings. The fourth-order valence-electron chi connectivity index (χ4n) is 2.67. The van der Waals surface area contributed by atoms with Gasteiger partial charge in [0.05, 0.1) is 17.2 Å². The molecule has 0 heterocycles. The molecule has 0 radical (unpaired) electrons. The smallest absolute Gasteiger partial charge is 0.166 e. The number of hydrogen-bond donors (Lipinski definition) is 2. The highest BCUT2D eigenvalue weighted by molar-refractivity contribution is 6.37. The van der Waals surface area contributed by atoms with Gasteiger partial charge in [0.1, 0.15) is 6.61 Å². The van der Waals surface area contributed by atoms with Crippen LogP contribution in [0, 0.1) is 0 Å². The van der Waals surface area contributed by atoms with E-state index < -0.39 is 0 Å². The third kappa shape index (κ3) is 4.96. The van der Waals surface area contributed by atoms with Gasteiger partial charge in [-0.2, -0.15) is 0 Å². The van der Waals surface area contributed by atoms with Gasteiger partial charge in [-0.1, -0.05) is 59.1 Å². The number of ether oxygens (including phenoxy) is 2. The third-order valence-electron chi connectivity index (χ3n) is 4.05. The van der Waals surface area contributed by atoms with Crippen molar-refractivity contribution in [2.75, 3.05) is 12.4 Å². The molecule has 0 bridgehead atoms. The van der Waals surface area contributed by atoms with Crippen molar-refractivity contribution >= 4 is 40.5 Å². The van der Waals surface area contributed by atoms with Gasteiger partial charge in [-0.25, -0.2) is 0 Å². The number of phenols is 1. The second-order valence-corrected chi connectivity index (χ2v) is 7.26. The molecule has 0 aliphatic carbocycles. The number of para-hydroxylation sites is 1. The average Bonchev–Trinajstić information content (AvgIpc) is 2.68. The van der Waals surface area contributed by atoms with Crippen LogP contribution in [0.25, 0.3) is 0 Å². The summed E-state index contributed by atoms with van der Waals surface area (Å²) in [6.07, 6.45) is 0. The van der Waals surface area contributed by atoms with E-state index in [1.54, 1.807) is 19.2 Å². The summed E-state index contributed by atoms with van der Waals surface area (Å²) in [6.45, 7) is 0.796. The number of halogens is 3. The van der Waals surface area contributed by atoms with Crippen LogP contribution in [0.2, 0.25) is 15.1 Å². The van der Waals surface area contributed by atoms with Crippen LogP contribution >= 0.6 is 34.8 Å². The molecule has 0 atom stereocenters. The average molecular weight is 439 g/mol. The Labute approximate surface area is 178 Å². The quantitative estimate of drug-likeness (QED) is 0.411. The molecule has 3 rings (SSSR count). The number of nitrogens with one attached hydrogen (secondary N) is 1. The first-order valence-corrected chi connectivity index (χ1v) is 9.56. The van der Waals surface area contributed by atoms with E-state index in [0.29, 0.717) is 35.4 Å². The zero-order valence-electron chi connectivity index (χ0n) is 15.0. The van der Waals surface area contributed by atoms with E-state index in [0.717, 1.165) is 11.1 Å². The molecule has 0 aromatic heterocycles. The molecule has 4 nitrogen and oxygen atoms in total. The van der Waals surface area contributed by atoms with E-state index in [1.165, 1.54) is 0 Å². The fraction of sp³-hybridized carbons (Fsp3) is 0.143.